The Balaban J connectivity index is 1.67. The van der Waals surface area contributed by atoms with Crippen LogP contribution in [0.15, 0.2) is 0 Å². The second-order valence-corrected chi connectivity index (χ2v) is 5.31. The maximum Gasteiger partial charge on any atom is 0.222 e. The SMILES string of the molecule is N#CC1CCN(C(=O)CCC2CCCCO2)CC1. The molecule has 2 heterocycles. The number of carbonyl (C=O) groups excluding carboxylic acids is 1. The molecule has 0 aromatic heterocycles. The molecule has 2 fully saturated rings. The van der Waals surface area contributed by atoms with E-state index in [1.165, 1.54) is 6.42 Å². The van der Waals surface area contributed by atoms with Crippen LogP contribution < -0.4 is 0 Å². The van der Waals surface area contributed by atoms with Crippen molar-refractivity contribution < 1.29 is 9.53 Å². The first-order valence-corrected chi connectivity index (χ1v) is 7.08. The van der Waals surface area contributed by atoms with Crippen molar-refractivity contribution >= 4 is 5.91 Å². The predicted octanol–water partition coefficient (Wildman–Crippen LogP) is 2.10. The van der Waals surface area contributed by atoms with Crippen molar-refractivity contribution in [2.24, 2.45) is 5.92 Å². The Labute approximate surface area is 109 Å². The van der Waals surface area contributed by atoms with E-state index in [1.54, 1.807) is 0 Å². The Hall–Kier alpha value is -1.08. The smallest absolute Gasteiger partial charge is 0.222 e. The van der Waals surface area contributed by atoms with Crippen molar-refractivity contribution in [3.8, 4) is 6.07 Å². The molecule has 0 saturated carbocycles. The molecule has 1 atom stereocenters. The highest BCUT2D eigenvalue weighted by Crippen LogP contribution is 2.20. The summed E-state index contributed by atoms with van der Waals surface area (Å²) in [6, 6.07) is 2.29. The quantitative estimate of drug-likeness (QED) is 0.770. The normalized spacial score (nSPS) is 25.7. The standard InChI is InChI=1S/C14H22N2O2/c15-11-12-6-8-16(9-7-12)14(17)5-4-13-3-1-2-10-18-13/h12-13H,1-10H2. The van der Waals surface area contributed by atoms with E-state index in [-0.39, 0.29) is 11.8 Å². The fourth-order valence-corrected chi connectivity index (χ4v) is 2.74. The molecule has 2 saturated heterocycles. The summed E-state index contributed by atoms with van der Waals surface area (Å²) >= 11 is 0. The van der Waals surface area contributed by atoms with Crippen LogP contribution >= 0.6 is 0 Å². The number of ether oxygens (including phenoxy) is 1. The summed E-state index contributed by atoms with van der Waals surface area (Å²) in [6.45, 7) is 2.36. The van der Waals surface area contributed by atoms with Gasteiger partial charge in [-0.1, -0.05) is 0 Å². The van der Waals surface area contributed by atoms with Crippen LogP contribution in [-0.4, -0.2) is 36.6 Å². The lowest BCUT2D eigenvalue weighted by molar-refractivity contribution is -0.133. The highest BCUT2D eigenvalue weighted by Gasteiger charge is 2.23. The molecule has 2 aliphatic heterocycles. The van der Waals surface area contributed by atoms with E-state index in [1.807, 2.05) is 4.90 Å². The largest absolute Gasteiger partial charge is 0.378 e. The number of amides is 1. The van der Waals surface area contributed by atoms with Crippen LogP contribution in [0, 0.1) is 17.2 Å². The molecular formula is C14H22N2O2. The van der Waals surface area contributed by atoms with Crippen molar-refractivity contribution in [2.45, 2.75) is 51.0 Å². The molecule has 0 N–H and O–H groups in total. The fraction of sp³-hybridized carbons (Fsp3) is 0.857. The Bertz CT molecular complexity index is 310. The molecule has 18 heavy (non-hydrogen) atoms. The molecular weight excluding hydrogens is 228 g/mol. The van der Waals surface area contributed by atoms with Gasteiger partial charge in [0.05, 0.1) is 12.2 Å². The van der Waals surface area contributed by atoms with Gasteiger partial charge in [-0.25, -0.2) is 0 Å². The second-order valence-electron chi connectivity index (χ2n) is 5.31. The zero-order chi connectivity index (χ0) is 12.8. The number of carbonyl (C=O) groups is 1. The van der Waals surface area contributed by atoms with Gasteiger partial charge in [0, 0.05) is 32.0 Å². The van der Waals surface area contributed by atoms with Gasteiger partial charge in [-0.2, -0.15) is 5.26 Å². The highest BCUT2D eigenvalue weighted by molar-refractivity contribution is 5.76. The average molecular weight is 250 g/mol. The van der Waals surface area contributed by atoms with Crippen LogP contribution in [0.25, 0.3) is 0 Å². The third-order valence-corrected chi connectivity index (χ3v) is 3.98. The topological polar surface area (TPSA) is 53.3 Å². The fourth-order valence-electron chi connectivity index (χ4n) is 2.74. The molecule has 1 amide bonds. The molecule has 2 aliphatic rings. The lowest BCUT2D eigenvalue weighted by Crippen LogP contribution is -2.38. The third-order valence-electron chi connectivity index (χ3n) is 3.98. The lowest BCUT2D eigenvalue weighted by atomic mass is 9.98. The van der Waals surface area contributed by atoms with E-state index in [0.29, 0.717) is 12.5 Å². The monoisotopic (exact) mass is 250 g/mol. The first-order valence-electron chi connectivity index (χ1n) is 7.08. The van der Waals surface area contributed by atoms with Crippen LogP contribution in [0.3, 0.4) is 0 Å². The number of nitriles is 1. The minimum atomic E-state index is 0.149. The average Bonchev–Trinajstić information content (AvgIpc) is 2.46. The molecule has 0 aromatic rings. The first kappa shape index (κ1) is 13.4. The van der Waals surface area contributed by atoms with Crippen molar-refractivity contribution in [1.29, 1.82) is 5.26 Å². The van der Waals surface area contributed by atoms with E-state index in [4.69, 9.17) is 10.00 Å². The van der Waals surface area contributed by atoms with E-state index < -0.39 is 0 Å². The van der Waals surface area contributed by atoms with Gasteiger partial charge in [-0.3, -0.25) is 4.79 Å². The molecule has 0 spiro atoms. The van der Waals surface area contributed by atoms with Crippen LogP contribution in [-0.2, 0) is 9.53 Å². The molecule has 4 heteroatoms. The van der Waals surface area contributed by atoms with Crippen molar-refractivity contribution in [3.63, 3.8) is 0 Å². The Morgan fingerprint density at radius 2 is 2.06 bits per heavy atom. The van der Waals surface area contributed by atoms with Crippen LogP contribution in [0.2, 0.25) is 0 Å². The molecule has 1 unspecified atom stereocenters. The van der Waals surface area contributed by atoms with Crippen LogP contribution in [0.1, 0.15) is 44.9 Å². The number of piperidine rings is 1. The number of nitrogens with zero attached hydrogens (tertiary/aromatic N) is 2. The summed E-state index contributed by atoms with van der Waals surface area (Å²) in [7, 11) is 0. The molecule has 4 nitrogen and oxygen atoms in total. The number of rotatable bonds is 3. The summed E-state index contributed by atoms with van der Waals surface area (Å²) in [5.41, 5.74) is 0. The number of hydrogen-bond acceptors (Lipinski definition) is 3. The van der Waals surface area contributed by atoms with Crippen LogP contribution in [0.5, 0.6) is 0 Å². The van der Waals surface area contributed by atoms with Gasteiger partial charge in [0.25, 0.3) is 0 Å². The molecule has 2 rings (SSSR count). The van der Waals surface area contributed by atoms with Gasteiger partial charge in [-0.05, 0) is 38.5 Å². The highest BCUT2D eigenvalue weighted by atomic mass is 16.5. The molecule has 0 aromatic carbocycles. The Morgan fingerprint density at radius 3 is 2.67 bits per heavy atom. The molecule has 0 radical (unpaired) electrons. The summed E-state index contributed by atoms with van der Waals surface area (Å²) in [4.78, 5) is 13.9. The third kappa shape index (κ3) is 3.71. The van der Waals surface area contributed by atoms with Crippen molar-refractivity contribution in [1.82, 2.24) is 4.90 Å². The van der Waals surface area contributed by atoms with Gasteiger partial charge in [-0.15, -0.1) is 0 Å². The minimum Gasteiger partial charge on any atom is -0.378 e. The van der Waals surface area contributed by atoms with E-state index >= 15 is 0 Å². The number of hydrogen-bond donors (Lipinski definition) is 0. The maximum atomic E-state index is 12.0. The van der Waals surface area contributed by atoms with E-state index in [0.717, 1.165) is 51.8 Å². The van der Waals surface area contributed by atoms with E-state index in [2.05, 4.69) is 6.07 Å². The van der Waals surface area contributed by atoms with Gasteiger partial charge < -0.3 is 9.64 Å². The minimum absolute atomic E-state index is 0.149. The molecule has 0 aliphatic carbocycles. The van der Waals surface area contributed by atoms with Gasteiger partial charge >= 0.3 is 0 Å². The predicted molar refractivity (Wildman–Crippen MR) is 67.7 cm³/mol. The second kappa shape index (κ2) is 6.75. The maximum absolute atomic E-state index is 12.0. The zero-order valence-corrected chi connectivity index (χ0v) is 10.9. The number of likely N-dealkylation sites (tertiary alicyclic amines) is 1. The van der Waals surface area contributed by atoms with E-state index in [9.17, 15) is 4.79 Å². The lowest BCUT2D eigenvalue weighted by Gasteiger charge is -2.30. The summed E-state index contributed by atoms with van der Waals surface area (Å²) in [5.74, 6) is 0.385. The molecule has 100 valence electrons. The Kier molecular flexibility index (Phi) is 5.00. The summed E-state index contributed by atoms with van der Waals surface area (Å²) in [6.07, 6.45) is 6.91. The van der Waals surface area contributed by atoms with Gasteiger partial charge in [0.1, 0.15) is 0 Å². The Morgan fingerprint density at radius 1 is 1.28 bits per heavy atom. The first-order chi connectivity index (χ1) is 8.79. The molecule has 0 bridgehead atoms. The van der Waals surface area contributed by atoms with Crippen molar-refractivity contribution in [3.05, 3.63) is 0 Å². The summed E-state index contributed by atoms with van der Waals surface area (Å²) in [5, 5.41) is 8.82. The van der Waals surface area contributed by atoms with Crippen molar-refractivity contribution in [2.75, 3.05) is 19.7 Å². The summed E-state index contributed by atoms with van der Waals surface area (Å²) < 4.78 is 5.64. The van der Waals surface area contributed by atoms with Gasteiger partial charge in [0.2, 0.25) is 5.91 Å². The van der Waals surface area contributed by atoms with Gasteiger partial charge in [0.15, 0.2) is 0 Å². The van der Waals surface area contributed by atoms with Crippen LogP contribution in [0.4, 0.5) is 0 Å². The zero-order valence-electron chi connectivity index (χ0n) is 10.9.